The molecule has 206 valence electrons. The largest absolute Gasteiger partial charge is 0.480 e. The van der Waals surface area contributed by atoms with E-state index < -0.39 is 5.97 Å². The lowest BCUT2D eigenvalue weighted by molar-refractivity contribution is -0.138. The average molecular weight is 566 g/mol. The number of fused-ring (bicyclic) bond motifs is 3. The lowest BCUT2D eigenvalue weighted by Crippen LogP contribution is -2.34. The van der Waals surface area contributed by atoms with E-state index in [1.54, 1.807) is 18.3 Å². The summed E-state index contributed by atoms with van der Waals surface area (Å²) in [5.74, 6) is -1.07. The number of carbonyl (C=O) groups is 3. The SMILES string of the molecule is O=C(O)CN1CCc2nc(C(=O)N3CCc4c(-c5cccc6c5CCN6C(=O)c5ccccn5)cccc43)sc2C1. The van der Waals surface area contributed by atoms with Crippen LogP contribution in [0, 0.1) is 0 Å². The number of pyridine rings is 1. The maximum Gasteiger partial charge on any atom is 0.317 e. The van der Waals surface area contributed by atoms with Gasteiger partial charge in [0, 0.05) is 55.0 Å². The van der Waals surface area contributed by atoms with E-state index in [-0.39, 0.29) is 18.4 Å². The van der Waals surface area contributed by atoms with E-state index in [9.17, 15) is 14.4 Å². The summed E-state index contributed by atoms with van der Waals surface area (Å²) < 4.78 is 0. The Morgan fingerprint density at radius 2 is 1.49 bits per heavy atom. The van der Waals surface area contributed by atoms with Crippen molar-refractivity contribution in [3.8, 4) is 11.1 Å². The van der Waals surface area contributed by atoms with Crippen LogP contribution in [0.25, 0.3) is 11.1 Å². The van der Waals surface area contributed by atoms with Gasteiger partial charge in [-0.15, -0.1) is 11.3 Å². The van der Waals surface area contributed by atoms with E-state index in [1.807, 2.05) is 45.0 Å². The predicted octanol–water partition coefficient (Wildman–Crippen LogP) is 4.05. The lowest BCUT2D eigenvalue weighted by atomic mass is 9.93. The Morgan fingerprint density at radius 3 is 2.12 bits per heavy atom. The number of amides is 2. The second-order valence-corrected chi connectivity index (χ2v) is 11.6. The molecule has 3 aliphatic rings. The Kier molecular flexibility index (Phi) is 6.36. The van der Waals surface area contributed by atoms with Gasteiger partial charge in [0.2, 0.25) is 0 Å². The number of anilines is 2. The predicted molar refractivity (Wildman–Crippen MR) is 156 cm³/mol. The molecular formula is C31H27N5O4S. The fourth-order valence-corrected chi connectivity index (χ4v) is 7.30. The first-order valence-electron chi connectivity index (χ1n) is 13.7. The fraction of sp³-hybridized carbons (Fsp3) is 0.258. The number of carboxylic acid groups (broad SMARTS) is 1. The van der Waals surface area contributed by atoms with E-state index in [1.165, 1.54) is 11.3 Å². The molecule has 0 bridgehead atoms. The van der Waals surface area contributed by atoms with Crippen molar-refractivity contribution in [1.82, 2.24) is 14.9 Å². The minimum atomic E-state index is -0.852. The Hall–Kier alpha value is -4.41. The zero-order valence-electron chi connectivity index (χ0n) is 22.2. The number of aromatic nitrogens is 2. The van der Waals surface area contributed by atoms with Crippen LogP contribution in [-0.4, -0.2) is 63.9 Å². The number of carboxylic acids is 1. The number of hydrogen-bond acceptors (Lipinski definition) is 7. The van der Waals surface area contributed by atoms with Crippen molar-refractivity contribution in [2.75, 3.05) is 36.0 Å². The zero-order valence-corrected chi connectivity index (χ0v) is 23.1. The van der Waals surface area contributed by atoms with Gasteiger partial charge in [-0.1, -0.05) is 30.3 Å². The number of carbonyl (C=O) groups excluding carboxylic acids is 2. The topological polar surface area (TPSA) is 107 Å². The van der Waals surface area contributed by atoms with Crippen molar-refractivity contribution >= 4 is 40.5 Å². The van der Waals surface area contributed by atoms with Gasteiger partial charge in [0.1, 0.15) is 5.69 Å². The van der Waals surface area contributed by atoms with Crippen molar-refractivity contribution in [2.45, 2.75) is 25.8 Å². The van der Waals surface area contributed by atoms with Gasteiger partial charge in [0.15, 0.2) is 5.01 Å². The summed E-state index contributed by atoms with van der Waals surface area (Å²) in [6.45, 7) is 2.28. The maximum absolute atomic E-state index is 13.7. The number of nitrogens with zero attached hydrogens (tertiary/aromatic N) is 5. The summed E-state index contributed by atoms with van der Waals surface area (Å²) in [7, 11) is 0. The van der Waals surface area contributed by atoms with Crippen LogP contribution in [0.3, 0.4) is 0 Å². The van der Waals surface area contributed by atoms with Crippen molar-refractivity contribution < 1.29 is 19.5 Å². The molecule has 10 heteroatoms. The summed E-state index contributed by atoms with van der Waals surface area (Å²) in [6, 6.07) is 17.5. The van der Waals surface area contributed by atoms with Gasteiger partial charge >= 0.3 is 5.97 Å². The molecule has 0 radical (unpaired) electrons. The lowest BCUT2D eigenvalue weighted by Gasteiger charge is -2.23. The minimum absolute atomic E-state index is 0.0127. The molecule has 2 aromatic carbocycles. The van der Waals surface area contributed by atoms with Gasteiger partial charge in [-0.2, -0.15) is 0 Å². The van der Waals surface area contributed by atoms with Crippen LogP contribution in [0.4, 0.5) is 11.4 Å². The van der Waals surface area contributed by atoms with E-state index in [0.29, 0.717) is 43.3 Å². The van der Waals surface area contributed by atoms with E-state index in [0.717, 1.165) is 57.0 Å². The number of benzene rings is 2. The summed E-state index contributed by atoms with van der Waals surface area (Å²) in [4.78, 5) is 53.4. The normalized spacial score (nSPS) is 15.9. The molecule has 9 nitrogen and oxygen atoms in total. The van der Waals surface area contributed by atoms with Crippen molar-refractivity contribution in [3.63, 3.8) is 0 Å². The first-order valence-corrected chi connectivity index (χ1v) is 14.5. The number of thiazole rings is 1. The third kappa shape index (κ3) is 4.49. The second-order valence-electron chi connectivity index (χ2n) is 10.5. The van der Waals surface area contributed by atoms with Crippen LogP contribution in [0.15, 0.2) is 60.8 Å². The summed E-state index contributed by atoms with van der Waals surface area (Å²) in [5, 5.41) is 9.60. The van der Waals surface area contributed by atoms with Gasteiger partial charge in [-0.3, -0.25) is 24.3 Å². The molecular weight excluding hydrogens is 538 g/mol. The average Bonchev–Trinajstić information content (AvgIpc) is 3.73. The van der Waals surface area contributed by atoms with E-state index >= 15 is 0 Å². The number of hydrogen-bond donors (Lipinski definition) is 1. The monoisotopic (exact) mass is 565 g/mol. The molecule has 0 fully saturated rings. The minimum Gasteiger partial charge on any atom is -0.480 e. The number of rotatable bonds is 5. The van der Waals surface area contributed by atoms with Gasteiger partial charge in [-0.05, 0) is 59.4 Å². The highest BCUT2D eigenvalue weighted by Crippen LogP contribution is 2.42. The summed E-state index contributed by atoms with van der Waals surface area (Å²) in [6.07, 6.45) is 3.76. The molecule has 0 saturated heterocycles. The van der Waals surface area contributed by atoms with Gasteiger partial charge in [0.25, 0.3) is 11.8 Å². The van der Waals surface area contributed by atoms with Gasteiger partial charge in [0.05, 0.1) is 12.2 Å². The molecule has 2 aromatic heterocycles. The van der Waals surface area contributed by atoms with E-state index in [4.69, 9.17) is 5.11 Å². The van der Waals surface area contributed by atoms with Crippen molar-refractivity contribution in [1.29, 1.82) is 0 Å². The third-order valence-electron chi connectivity index (χ3n) is 8.07. The molecule has 0 atom stereocenters. The van der Waals surface area contributed by atoms with Gasteiger partial charge in [-0.25, -0.2) is 4.98 Å². The van der Waals surface area contributed by atoms with Crippen LogP contribution < -0.4 is 9.80 Å². The molecule has 0 unspecified atom stereocenters. The second kappa shape index (κ2) is 10.2. The summed E-state index contributed by atoms with van der Waals surface area (Å²) in [5.41, 5.74) is 7.57. The molecule has 1 N–H and O–H groups in total. The first-order chi connectivity index (χ1) is 20.0. The van der Waals surface area contributed by atoms with Gasteiger partial charge < -0.3 is 14.9 Å². The first kappa shape index (κ1) is 25.6. The highest BCUT2D eigenvalue weighted by atomic mass is 32.1. The molecule has 4 aromatic rings. The Balaban J connectivity index is 1.17. The van der Waals surface area contributed by atoms with Crippen LogP contribution in [0.2, 0.25) is 0 Å². The zero-order chi connectivity index (χ0) is 28.1. The molecule has 7 rings (SSSR count). The highest BCUT2D eigenvalue weighted by molar-refractivity contribution is 7.13. The van der Waals surface area contributed by atoms with Crippen LogP contribution >= 0.6 is 11.3 Å². The van der Waals surface area contributed by atoms with Crippen molar-refractivity contribution in [3.05, 3.63) is 93.2 Å². The quantitative estimate of drug-likeness (QED) is 0.389. The third-order valence-corrected chi connectivity index (χ3v) is 9.14. The van der Waals surface area contributed by atoms with Crippen molar-refractivity contribution in [2.24, 2.45) is 0 Å². The molecule has 5 heterocycles. The molecule has 41 heavy (non-hydrogen) atoms. The molecule has 2 amide bonds. The Labute approximate surface area is 240 Å². The van der Waals surface area contributed by atoms with Crippen LogP contribution in [-0.2, 0) is 30.6 Å². The van der Waals surface area contributed by atoms with E-state index in [2.05, 4.69) is 22.1 Å². The van der Waals surface area contributed by atoms with Crippen LogP contribution in [0.1, 0.15) is 42.0 Å². The fourth-order valence-electron chi connectivity index (χ4n) is 6.20. The standard InChI is InChI=1S/C31H27N5O4S/c37-28(38)18-34-14-12-23-27(17-34)41-29(33-23)31(40)36-16-11-22-20(6-4-9-26(22)36)19-5-3-8-25-21(19)10-15-35(25)30(39)24-7-1-2-13-32-24/h1-9,13H,10-12,14-18H2,(H,37,38). The molecule has 3 aliphatic heterocycles. The van der Waals surface area contributed by atoms with Crippen LogP contribution in [0.5, 0.6) is 0 Å². The Bertz CT molecular complexity index is 1700. The molecule has 0 spiro atoms. The highest BCUT2D eigenvalue weighted by Gasteiger charge is 2.33. The molecule has 0 aliphatic carbocycles. The number of aliphatic carboxylic acids is 1. The smallest absolute Gasteiger partial charge is 0.317 e. The summed E-state index contributed by atoms with van der Waals surface area (Å²) >= 11 is 1.37. The maximum atomic E-state index is 13.7. The molecule has 0 saturated carbocycles. The Morgan fingerprint density at radius 1 is 0.805 bits per heavy atom.